The van der Waals surface area contributed by atoms with Crippen molar-refractivity contribution in [2.24, 2.45) is 5.92 Å². The molecule has 1 aromatic heterocycles. The van der Waals surface area contributed by atoms with Crippen molar-refractivity contribution < 1.29 is 13.2 Å². The molecule has 2 fully saturated rings. The first kappa shape index (κ1) is 17.4. The summed E-state index contributed by atoms with van der Waals surface area (Å²) in [5.41, 5.74) is 0. The molecule has 0 unspecified atom stereocenters. The summed E-state index contributed by atoms with van der Waals surface area (Å²) < 4.78 is 27.9. The normalized spacial score (nSPS) is 21.0. The van der Waals surface area contributed by atoms with Gasteiger partial charge >= 0.3 is 0 Å². The fourth-order valence-electron chi connectivity index (χ4n) is 3.26. The van der Waals surface area contributed by atoms with E-state index in [9.17, 15) is 13.2 Å². The maximum Gasteiger partial charge on any atom is 0.252 e. The fourth-order valence-corrected chi connectivity index (χ4v) is 6.89. The van der Waals surface area contributed by atoms with Gasteiger partial charge in [-0.25, -0.2) is 8.42 Å². The second-order valence-electron chi connectivity index (χ2n) is 6.20. The molecule has 1 aromatic rings. The Labute approximate surface area is 149 Å². The molecule has 2 aliphatic heterocycles. The van der Waals surface area contributed by atoms with Gasteiger partial charge in [-0.15, -0.1) is 11.3 Å². The topological polar surface area (TPSA) is 57.7 Å². The zero-order chi connectivity index (χ0) is 16.4. The Morgan fingerprint density at radius 2 is 1.83 bits per heavy atom. The number of likely N-dealkylation sites (tertiary alicyclic amines) is 1. The van der Waals surface area contributed by atoms with E-state index in [0.29, 0.717) is 29.6 Å². The van der Waals surface area contributed by atoms with Gasteiger partial charge in [-0.05, 0) is 59.7 Å². The molecule has 0 spiro atoms. The fraction of sp³-hybridized carbons (Fsp3) is 0.667. The molecule has 8 heteroatoms. The molecule has 3 rings (SSSR count). The van der Waals surface area contributed by atoms with Gasteiger partial charge in [-0.1, -0.05) is 0 Å². The minimum atomic E-state index is -3.38. The lowest BCUT2D eigenvalue weighted by molar-refractivity contribution is -0.131. The van der Waals surface area contributed by atoms with Gasteiger partial charge in [-0.2, -0.15) is 4.31 Å². The summed E-state index contributed by atoms with van der Waals surface area (Å²) in [6.07, 6.45) is 4.33. The Morgan fingerprint density at radius 3 is 2.39 bits per heavy atom. The molecule has 0 aromatic carbocycles. The Hall–Kier alpha value is -0.440. The van der Waals surface area contributed by atoms with Crippen LogP contribution in [0.15, 0.2) is 20.1 Å². The van der Waals surface area contributed by atoms with Crippen molar-refractivity contribution in [1.29, 1.82) is 0 Å². The van der Waals surface area contributed by atoms with E-state index in [0.717, 1.165) is 42.6 Å². The molecule has 0 atom stereocenters. The van der Waals surface area contributed by atoms with Crippen LogP contribution >= 0.6 is 27.3 Å². The zero-order valence-corrected chi connectivity index (χ0v) is 16.1. The maximum absolute atomic E-state index is 12.6. The SMILES string of the molecule is O=C(CC1CCN(S(=O)(=O)c2ccc(Br)s2)CC1)N1CCCC1. The van der Waals surface area contributed by atoms with Crippen molar-refractivity contribution in [2.75, 3.05) is 26.2 Å². The summed E-state index contributed by atoms with van der Waals surface area (Å²) in [5.74, 6) is 0.551. The van der Waals surface area contributed by atoms with Crippen LogP contribution in [0, 0.1) is 5.92 Å². The second kappa shape index (κ2) is 7.21. The highest BCUT2D eigenvalue weighted by molar-refractivity contribution is 9.11. The lowest BCUT2D eigenvalue weighted by Crippen LogP contribution is -2.39. The Balaban J connectivity index is 1.55. The van der Waals surface area contributed by atoms with Crippen LogP contribution in [-0.4, -0.2) is 49.7 Å². The van der Waals surface area contributed by atoms with E-state index in [1.54, 1.807) is 16.4 Å². The number of hydrogen-bond acceptors (Lipinski definition) is 4. The first-order chi connectivity index (χ1) is 11.0. The number of rotatable bonds is 4. The highest BCUT2D eigenvalue weighted by Crippen LogP contribution is 2.31. The number of sulfonamides is 1. The zero-order valence-electron chi connectivity index (χ0n) is 12.9. The Bertz CT molecular complexity index is 660. The highest BCUT2D eigenvalue weighted by atomic mass is 79.9. The molecular formula is C15H21BrN2O3S2. The summed E-state index contributed by atoms with van der Waals surface area (Å²) in [4.78, 5) is 14.2. The molecule has 0 N–H and O–H groups in total. The molecule has 0 aliphatic carbocycles. The molecular weight excluding hydrogens is 400 g/mol. The summed E-state index contributed by atoms with van der Waals surface area (Å²) >= 11 is 4.55. The van der Waals surface area contributed by atoms with Crippen molar-refractivity contribution in [1.82, 2.24) is 9.21 Å². The summed E-state index contributed by atoms with van der Waals surface area (Å²) in [6, 6.07) is 3.41. The van der Waals surface area contributed by atoms with Crippen molar-refractivity contribution in [3.8, 4) is 0 Å². The molecule has 0 saturated carbocycles. The number of nitrogens with zero attached hydrogens (tertiary/aromatic N) is 2. The number of carbonyl (C=O) groups excluding carboxylic acids is 1. The number of thiophene rings is 1. The lowest BCUT2D eigenvalue weighted by atomic mass is 9.94. The third kappa shape index (κ3) is 3.97. The van der Waals surface area contributed by atoms with E-state index >= 15 is 0 Å². The first-order valence-electron chi connectivity index (χ1n) is 8.00. The van der Waals surface area contributed by atoms with Gasteiger partial charge in [0.15, 0.2) is 0 Å². The van der Waals surface area contributed by atoms with Crippen LogP contribution in [0.5, 0.6) is 0 Å². The quantitative estimate of drug-likeness (QED) is 0.751. The number of piperidine rings is 1. The van der Waals surface area contributed by atoms with E-state index in [4.69, 9.17) is 0 Å². The largest absolute Gasteiger partial charge is 0.343 e. The Kier molecular flexibility index (Phi) is 5.45. The van der Waals surface area contributed by atoms with E-state index in [2.05, 4.69) is 15.9 Å². The monoisotopic (exact) mass is 420 g/mol. The number of amides is 1. The molecule has 2 saturated heterocycles. The van der Waals surface area contributed by atoms with Gasteiger partial charge in [0.1, 0.15) is 4.21 Å². The van der Waals surface area contributed by atoms with Crippen molar-refractivity contribution in [2.45, 2.75) is 36.3 Å². The number of hydrogen-bond donors (Lipinski definition) is 0. The molecule has 3 heterocycles. The van der Waals surface area contributed by atoms with E-state index in [-0.39, 0.29) is 5.91 Å². The van der Waals surface area contributed by atoms with Gasteiger partial charge in [0.25, 0.3) is 10.0 Å². The molecule has 23 heavy (non-hydrogen) atoms. The minimum absolute atomic E-state index is 0.242. The molecule has 5 nitrogen and oxygen atoms in total. The van der Waals surface area contributed by atoms with Crippen LogP contribution in [-0.2, 0) is 14.8 Å². The number of carbonyl (C=O) groups is 1. The van der Waals surface area contributed by atoms with Gasteiger partial charge in [0.05, 0.1) is 3.79 Å². The average molecular weight is 421 g/mol. The highest BCUT2D eigenvalue weighted by Gasteiger charge is 2.32. The molecule has 0 bridgehead atoms. The molecule has 0 radical (unpaired) electrons. The standard InChI is InChI=1S/C15H21BrN2O3S2/c16-13-3-4-15(22-13)23(20,21)18-9-5-12(6-10-18)11-14(19)17-7-1-2-8-17/h3-4,12H,1-2,5-11H2. The van der Waals surface area contributed by atoms with E-state index in [1.165, 1.54) is 11.3 Å². The predicted octanol–water partition coefficient (Wildman–Crippen LogP) is 2.92. The predicted molar refractivity (Wildman–Crippen MR) is 93.9 cm³/mol. The van der Waals surface area contributed by atoms with E-state index in [1.807, 2.05) is 4.90 Å². The van der Waals surface area contributed by atoms with Crippen LogP contribution in [0.1, 0.15) is 32.1 Å². The van der Waals surface area contributed by atoms with Gasteiger partial charge in [0, 0.05) is 32.6 Å². The van der Waals surface area contributed by atoms with Crippen LogP contribution in [0.4, 0.5) is 0 Å². The van der Waals surface area contributed by atoms with Crippen LogP contribution in [0.2, 0.25) is 0 Å². The average Bonchev–Trinajstić information content (AvgIpc) is 3.19. The first-order valence-corrected chi connectivity index (χ1v) is 11.0. The Morgan fingerprint density at radius 1 is 1.17 bits per heavy atom. The van der Waals surface area contributed by atoms with Crippen molar-refractivity contribution in [3.05, 3.63) is 15.9 Å². The second-order valence-corrected chi connectivity index (χ2v) is 10.8. The number of halogens is 1. The summed E-state index contributed by atoms with van der Waals surface area (Å²) in [5, 5.41) is 0. The molecule has 1 amide bonds. The third-order valence-electron chi connectivity index (χ3n) is 4.64. The lowest BCUT2D eigenvalue weighted by Gasteiger charge is -2.31. The minimum Gasteiger partial charge on any atom is -0.343 e. The van der Waals surface area contributed by atoms with Gasteiger partial charge in [0.2, 0.25) is 5.91 Å². The van der Waals surface area contributed by atoms with Gasteiger partial charge < -0.3 is 4.90 Å². The van der Waals surface area contributed by atoms with Gasteiger partial charge in [-0.3, -0.25) is 4.79 Å². The van der Waals surface area contributed by atoms with Crippen molar-refractivity contribution in [3.63, 3.8) is 0 Å². The molecule has 128 valence electrons. The van der Waals surface area contributed by atoms with Crippen LogP contribution in [0.3, 0.4) is 0 Å². The smallest absolute Gasteiger partial charge is 0.252 e. The van der Waals surface area contributed by atoms with Crippen LogP contribution in [0.25, 0.3) is 0 Å². The third-order valence-corrected chi connectivity index (χ3v) is 8.63. The molecule has 2 aliphatic rings. The van der Waals surface area contributed by atoms with Crippen molar-refractivity contribution >= 4 is 43.2 Å². The van der Waals surface area contributed by atoms with E-state index < -0.39 is 10.0 Å². The maximum atomic E-state index is 12.6. The summed E-state index contributed by atoms with van der Waals surface area (Å²) in [7, 11) is -3.38. The van der Waals surface area contributed by atoms with Crippen LogP contribution < -0.4 is 0 Å². The summed E-state index contributed by atoms with van der Waals surface area (Å²) in [6.45, 7) is 2.80.